The topological polar surface area (TPSA) is 49.8 Å². The lowest BCUT2D eigenvalue weighted by molar-refractivity contribution is 1.12. The lowest BCUT2D eigenvalue weighted by atomic mass is 10.2. The van der Waals surface area contributed by atoms with Gasteiger partial charge in [0.1, 0.15) is 5.82 Å². The van der Waals surface area contributed by atoms with E-state index in [0.29, 0.717) is 10.8 Å². The van der Waals surface area contributed by atoms with Crippen LogP contribution in [0, 0.1) is 6.92 Å². The van der Waals surface area contributed by atoms with Crippen molar-refractivity contribution in [2.75, 3.05) is 17.2 Å². The van der Waals surface area contributed by atoms with Crippen LogP contribution < -0.4 is 10.6 Å². The van der Waals surface area contributed by atoms with Gasteiger partial charge in [0.25, 0.3) is 0 Å². The molecule has 2 N–H and O–H groups in total. The van der Waals surface area contributed by atoms with Gasteiger partial charge in [-0.2, -0.15) is 0 Å². The molecule has 1 heterocycles. The molecule has 0 aliphatic carbocycles. The summed E-state index contributed by atoms with van der Waals surface area (Å²) in [6.07, 6.45) is 3.35. The Bertz CT molecular complexity index is 542. The largest absolute Gasteiger partial charge is 0.369 e. The van der Waals surface area contributed by atoms with Gasteiger partial charge in [0.05, 0.1) is 23.1 Å². The maximum Gasteiger partial charge on any atom is 0.151 e. The number of hydrogen-bond donors (Lipinski definition) is 2. The fourth-order valence-corrected chi connectivity index (χ4v) is 1.83. The molecule has 0 saturated heterocycles. The first-order valence-corrected chi connectivity index (χ1v) is 6.16. The number of nitrogens with zero attached hydrogens (tertiary/aromatic N) is 2. The van der Waals surface area contributed by atoms with Crippen molar-refractivity contribution >= 4 is 28.9 Å². The van der Waals surface area contributed by atoms with Crippen molar-refractivity contribution in [3.63, 3.8) is 0 Å². The normalized spacial score (nSPS) is 10.2. The molecule has 0 saturated carbocycles. The maximum atomic E-state index is 6.15. The number of nitrogens with one attached hydrogen (secondary N) is 2. The summed E-state index contributed by atoms with van der Waals surface area (Å²) in [5.41, 5.74) is 1.95. The summed E-state index contributed by atoms with van der Waals surface area (Å²) in [6.45, 7) is 4.82. The van der Waals surface area contributed by atoms with E-state index in [1.165, 1.54) is 0 Å². The van der Waals surface area contributed by atoms with Crippen molar-refractivity contribution in [1.82, 2.24) is 9.97 Å². The van der Waals surface area contributed by atoms with Gasteiger partial charge in [0, 0.05) is 6.54 Å². The number of rotatable bonds is 4. The SMILES string of the molecule is CCNc1cncc(Nc2ccc(C)cc2Cl)n1. The Hall–Kier alpha value is -1.81. The molecule has 0 fully saturated rings. The number of benzene rings is 1. The zero-order valence-corrected chi connectivity index (χ0v) is 11.1. The van der Waals surface area contributed by atoms with Gasteiger partial charge < -0.3 is 10.6 Å². The summed E-state index contributed by atoms with van der Waals surface area (Å²) in [5, 5.41) is 6.94. The first-order chi connectivity index (χ1) is 8.69. The number of halogens is 1. The highest BCUT2D eigenvalue weighted by Gasteiger charge is 2.03. The smallest absolute Gasteiger partial charge is 0.151 e. The van der Waals surface area contributed by atoms with Gasteiger partial charge in [-0.15, -0.1) is 0 Å². The molecule has 0 spiro atoms. The van der Waals surface area contributed by atoms with Crippen LogP contribution in [-0.4, -0.2) is 16.5 Å². The van der Waals surface area contributed by atoms with Gasteiger partial charge in [-0.25, -0.2) is 4.98 Å². The third-order valence-corrected chi connectivity index (χ3v) is 2.69. The molecule has 1 aromatic heterocycles. The number of anilines is 3. The van der Waals surface area contributed by atoms with E-state index in [-0.39, 0.29) is 0 Å². The number of hydrogen-bond acceptors (Lipinski definition) is 4. The quantitative estimate of drug-likeness (QED) is 0.884. The van der Waals surface area contributed by atoms with Crippen LogP contribution in [0.3, 0.4) is 0 Å². The third-order valence-electron chi connectivity index (χ3n) is 2.38. The van der Waals surface area contributed by atoms with Crippen molar-refractivity contribution in [1.29, 1.82) is 0 Å². The van der Waals surface area contributed by atoms with E-state index < -0.39 is 0 Å². The highest BCUT2D eigenvalue weighted by atomic mass is 35.5. The lowest BCUT2D eigenvalue weighted by Crippen LogP contribution is -2.02. The molecule has 1 aromatic carbocycles. The molecule has 5 heteroatoms. The van der Waals surface area contributed by atoms with Crippen molar-refractivity contribution in [3.05, 3.63) is 41.2 Å². The highest BCUT2D eigenvalue weighted by Crippen LogP contribution is 2.25. The Labute approximate surface area is 111 Å². The van der Waals surface area contributed by atoms with Gasteiger partial charge in [0.2, 0.25) is 0 Å². The van der Waals surface area contributed by atoms with E-state index in [1.807, 2.05) is 32.0 Å². The van der Waals surface area contributed by atoms with Crippen LogP contribution in [0.15, 0.2) is 30.6 Å². The standard InChI is InChI=1S/C13H15ClN4/c1-3-16-12-7-15-8-13(18-12)17-11-5-4-9(2)6-10(11)14/h4-8H,3H2,1-2H3,(H2,16,17,18). The maximum absolute atomic E-state index is 6.15. The summed E-state index contributed by atoms with van der Waals surface area (Å²) >= 11 is 6.15. The fraction of sp³-hybridized carbons (Fsp3) is 0.231. The first-order valence-electron chi connectivity index (χ1n) is 5.78. The van der Waals surface area contributed by atoms with Gasteiger partial charge in [-0.05, 0) is 31.5 Å². The van der Waals surface area contributed by atoms with E-state index in [4.69, 9.17) is 11.6 Å². The molecule has 0 bridgehead atoms. The van der Waals surface area contributed by atoms with Crippen LogP contribution in [0.5, 0.6) is 0 Å². The van der Waals surface area contributed by atoms with E-state index in [0.717, 1.165) is 23.6 Å². The van der Waals surface area contributed by atoms with Gasteiger partial charge in [-0.1, -0.05) is 17.7 Å². The third kappa shape index (κ3) is 3.11. The molecule has 0 atom stereocenters. The van der Waals surface area contributed by atoms with E-state index in [1.54, 1.807) is 12.4 Å². The molecular formula is C13H15ClN4. The van der Waals surface area contributed by atoms with E-state index in [2.05, 4.69) is 20.6 Å². The average Bonchev–Trinajstić information content (AvgIpc) is 2.34. The monoisotopic (exact) mass is 262 g/mol. The summed E-state index contributed by atoms with van der Waals surface area (Å²) in [6, 6.07) is 5.83. The predicted molar refractivity (Wildman–Crippen MR) is 75.7 cm³/mol. The Morgan fingerprint density at radius 2 is 2.00 bits per heavy atom. The van der Waals surface area contributed by atoms with Crippen molar-refractivity contribution in [2.24, 2.45) is 0 Å². The molecule has 2 rings (SSSR count). The van der Waals surface area contributed by atoms with Crippen molar-refractivity contribution < 1.29 is 0 Å². The molecule has 94 valence electrons. The molecule has 4 nitrogen and oxygen atoms in total. The molecule has 0 aliphatic heterocycles. The molecule has 18 heavy (non-hydrogen) atoms. The fourth-order valence-electron chi connectivity index (χ4n) is 1.55. The zero-order valence-electron chi connectivity index (χ0n) is 10.4. The molecular weight excluding hydrogens is 248 g/mol. The first kappa shape index (κ1) is 12.6. The minimum Gasteiger partial charge on any atom is -0.369 e. The molecule has 0 radical (unpaired) electrons. The van der Waals surface area contributed by atoms with Gasteiger partial charge >= 0.3 is 0 Å². The van der Waals surface area contributed by atoms with Crippen LogP contribution in [0.4, 0.5) is 17.3 Å². The van der Waals surface area contributed by atoms with Crippen LogP contribution in [0.1, 0.15) is 12.5 Å². The second-order valence-corrected chi connectivity index (χ2v) is 4.34. The van der Waals surface area contributed by atoms with E-state index >= 15 is 0 Å². The van der Waals surface area contributed by atoms with Gasteiger partial charge in [-0.3, -0.25) is 4.98 Å². The van der Waals surface area contributed by atoms with Crippen molar-refractivity contribution in [2.45, 2.75) is 13.8 Å². The van der Waals surface area contributed by atoms with Crippen molar-refractivity contribution in [3.8, 4) is 0 Å². The zero-order chi connectivity index (χ0) is 13.0. The Kier molecular flexibility index (Phi) is 3.99. The Morgan fingerprint density at radius 1 is 1.22 bits per heavy atom. The summed E-state index contributed by atoms with van der Waals surface area (Å²) < 4.78 is 0. The second-order valence-electron chi connectivity index (χ2n) is 3.93. The molecule has 0 amide bonds. The summed E-state index contributed by atoms with van der Waals surface area (Å²) in [5.74, 6) is 1.41. The lowest BCUT2D eigenvalue weighted by Gasteiger charge is -2.09. The molecule has 0 unspecified atom stereocenters. The van der Waals surface area contributed by atoms with Crippen LogP contribution in [0.2, 0.25) is 5.02 Å². The molecule has 2 aromatic rings. The average molecular weight is 263 g/mol. The minimum atomic E-state index is 0.666. The van der Waals surface area contributed by atoms with Gasteiger partial charge in [0.15, 0.2) is 5.82 Å². The van der Waals surface area contributed by atoms with E-state index in [9.17, 15) is 0 Å². The number of aromatic nitrogens is 2. The summed E-state index contributed by atoms with van der Waals surface area (Å²) in [7, 11) is 0. The Balaban J connectivity index is 2.20. The predicted octanol–water partition coefficient (Wildman–Crippen LogP) is 3.61. The Morgan fingerprint density at radius 3 is 2.72 bits per heavy atom. The van der Waals surface area contributed by atoms with Crippen LogP contribution in [-0.2, 0) is 0 Å². The molecule has 0 aliphatic rings. The highest BCUT2D eigenvalue weighted by molar-refractivity contribution is 6.33. The van der Waals surface area contributed by atoms with Crippen LogP contribution in [0.25, 0.3) is 0 Å². The number of aryl methyl sites for hydroxylation is 1. The minimum absolute atomic E-state index is 0.666. The second kappa shape index (κ2) is 5.69. The summed E-state index contributed by atoms with van der Waals surface area (Å²) in [4.78, 5) is 8.49. The van der Waals surface area contributed by atoms with Crippen LogP contribution >= 0.6 is 11.6 Å².